The third-order valence-corrected chi connectivity index (χ3v) is 6.26. The van der Waals surface area contributed by atoms with Gasteiger partial charge in [0.1, 0.15) is 12.4 Å². The van der Waals surface area contributed by atoms with Gasteiger partial charge in [0, 0.05) is 41.2 Å². The lowest BCUT2D eigenvalue weighted by atomic mass is 10.0. The van der Waals surface area contributed by atoms with Crippen molar-refractivity contribution in [3.63, 3.8) is 0 Å². The van der Waals surface area contributed by atoms with Crippen LogP contribution in [0.2, 0.25) is 0 Å². The quantitative estimate of drug-likeness (QED) is 0.688. The minimum atomic E-state index is -4.61. The zero-order valence-electron chi connectivity index (χ0n) is 17.4. The number of alkyl halides is 3. The van der Waals surface area contributed by atoms with E-state index in [2.05, 4.69) is 4.98 Å². The van der Waals surface area contributed by atoms with Gasteiger partial charge in [-0.15, -0.1) is 0 Å². The minimum absolute atomic E-state index is 0.0139. The van der Waals surface area contributed by atoms with Crippen LogP contribution >= 0.6 is 0 Å². The van der Waals surface area contributed by atoms with E-state index >= 15 is 0 Å². The van der Waals surface area contributed by atoms with Crippen LogP contribution in [0.3, 0.4) is 0 Å². The number of halogens is 3. The van der Waals surface area contributed by atoms with Crippen LogP contribution in [-0.2, 0) is 10.9 Å². The highest BCUT2D eigenvalue weighted by Crippen LogP contribution is 2.59. The standard InChI is InChI=1S/C21H26F3N5O2/c1-10(2)28-17(8-16(25)11-5-15(21(22,23)24)19(26)27-9-11)18-13-6-12(7-14(13)18)29-3-4-31-20(29)30/h5,8-10,12-14,18H,3-4,6-7,25H2,1-2H3,(H2,26,27). The summed E-state index contributed by atoms with van der Waals surface area (Å²) in [6, 6.07) is 1.11. The number of carbonyl (C=O) groups is 1. The summed E-state index contributed by atoms with van der Waals surface area (Å²) in [6.07, 6.45) is -0.212. The molecule has 1 saturated heterocycles. The summed E-state index contributed by atoms with van der Waals surface area (Å²) in [7, 11) is 0. The van der Waals surface area contributed by atoms with Gasteiger partial charge in [-0.2, -0.15) is 13.2 Å². The Morgan fingerprint density at radius 1 is 1.35 bits per heavy atom. The lowest BCUT2D eigenvalue weighted by Gasteiger charge is -2.23. The number of fused-ring (bicyclic) bond motifs is 1. The predicted molar refractivity (Wildman–Crippen MR) is 110 cm³/mol. The number of allylic oxidation sites excluding steroid dienone is 1. The molecule has 4 N–H and O–H groups in total. The second-order valence-corrected chi connectivity index (χ2v) is 8.69. The second kappa shape index (κ2) is 7.72. The first-order valence-corrected chi connectivity index (χ1v) is 10.4. The molecule has 1 amide bonds. The zero-order valence-corrected chi connectivity index (χ0v) is 17.4. The number of cyclic esters (lactones) is 1. The summed E-state index contributed by atoms with van der Waals surface area (Å²) in [5, 5.41) is 0. The number of aromatic nitrogens is 1. The number of amides is 1. The Hall–Kier alpha value is -2.78. The van der Waals surface area contributed by atoms with E-state index in [0.717, 1.165) is 24.6 Å². The van der Waals surface area contributed by atoms with E-state index in [4.69, 9.17) is 21.2 Å². The molecule has 7 nitrogen and oxygen atoms in total. The zero-order chi connectivity index (χ0) is 22.5. The van der Waals surface area contributed by atoms with Gasteiger partial charge >= 0.3 is 12.3 Å². The van der Waals surface area contributed by atoms with Crippen LogP contribution in [0.4, 0.5) is 23.8 Å². The Kier molecular flexibility index (Phi) is 5.35. The molecule has 1 aromatic heterocycles. The molecule has 0 spiro atoms. The number of hydrogen-bond acceptors (Lipinski definition) is 6. The minimum Gasteiger partial charge on any atom is -0.448 e. The van der Waals surface area contributed by atoms with Crippen molar-refractivity contribution in [3.8, 4) is 0 Å². The molecule has 2 unspecified atom stereocenters. The number of nitrogens with two attached hydrogens (primary N) is 2. The second-order valence-electron chi connectivity index (χ2n) is 8.69. The number of ether oxygens (including phenoxy) is 1. The monoisotopic (exact) mass is 437 g/mol. The Balaban J connectivity index is 1.53. The number of hydrogen-bond donors (Lipinski definition) is 2. The van der Waals surface area contributed by atoms with Crippen LogP contribution in [0.15, 0.2) is 23.3 Å². The summed E-state index contributed by atoms with van der Waals surface area (Å²) in [5.41, 5.74) is 11.6. The first-order valence-electron chi connectivity index (χ1n) is 10.4. The molecule has 0 aromatic carbocycles. The van der Waals surface area contributed by atoms with E-state index < -0.39 is 17.6 Å². The Labute approximate surface area is 178 Å². The van der Waals surface area contributed by atoms with Gasteiger partial charge in [0.05, 0.1) is 12.1 Å². The molecule has 2 saturated carbocycles. The largest absolute Gasteiger partial charge is 0.448 e. The summed E-state index contributed by atoms with van der Waals surface area (Å²) in [5.74, 6) is 0.383. The summed E-state index contributed by atoms with van der Waals surface area (Å²) in [4.78, 5) is 22.0. The molecular formula is C21H26F3N5O2. The summed E-state index contributed by atoms with van der Waals surface area (Å²) in [6.45, 7) is 4.94. The molecule has 2 heterocycles. The number of aliphatic imine (C=N–C) groups is 1. The van der Waals surface area contributed by atoms with Crippen molar-refractivity contribution in [2.75, 3.05) is 18.9 Å². The molecule has 10 heteroatoms. The maximum atomic E-state index is 13.2. The molecule has 3 fully saturated rings. The molecule has 31 heavy (non-hydrogen) atoms. The Morgan fingerprint density at radius 2 is 2.03 bits per heavy atom. The fourth-order valence-corrected chi connectivity index (χ4v) is 4.86. The van der Waals surface area contributed by atoms with Crippen molar-refractivity contribution in [2.24, 2.45) is 28.5 Å². The first kappa shape index (κ1) is 21.5. The fraction of sp³-hybridized carbons (Fsp3) is 0.571. The van der Waals surface area contributed by atoms with E-state index in [1.165, 1.54) is 6.20 Å². The van der Waals surface area contributed by atoms with E-state index in [9.17, 15) is 18.0 Å². The lowest BCUT2D eigenvalue weighted by molar-refractivity contribution is -0.137. The van der Waals surface area contributed by atoms with Gasteiger partial charge in [-0.3, -0.25) is 4.99 Å². The van der Waals surface area contributed by atoms with Crippen molar-refractivity contribution in [3.05, 3.63) is 29.5 Å². The van der Waals surface area contributed by atoms with Gasteiger partial charge in [0.2, 0.25) is 0 Å². The van der Waals surface area contributed by atoms with E-state index in [-0.39, 0.29) is 35.4 Å². The average Bonchev–Trinajstić information content (AvgIpc) is 2.99. The van der Waals surface area contributed by atoms with E-state index in [0.29, 0.717) is 25.0 Å². The molecule has 4 rings (SSSR count). The molecule has 0 bridgehead atoms. The van der Waals surface area contributed by atoms with Crippen molar-refractivity contribution in [1.82, 2.24) is 9.88 Å². The molecule has 2 aliphatic carbocycles. The molecule has 2 atom stereocenters. The topological polar surface area (TPSA) is 107 Å². The highest BCUT2D eigenvalue weighted by molar-refractivity contribution is 6.04. The normalized spacial score (nSPS) is 28.8. The number of pyridine rings is 1. The summed E-state index contributed by atoms with van der Waals surface area (Å²) < 4.78 is 44.6. The van der Waals surface area contributed by atoms with E-state index in [1.807, 2.05) is 13.8 Å². The number of nitrogen functional groups attached to an aromatic ring is 1. The smallest absolute Gasteiger partial charge is 0.419 e. The van der Waals surface area contributed by atoms with Crippen molar-refractivity contribution in [2.45, 2.75) is 44.9 Å². The maximum Gasteiger partial charge on any atom is 0.419 e. The molecule has 3 aliphatic rings. The van der Waals surface area contributed by atoms with Crippen LogP contribution in [-0.4, -0.2) is 46.9 Å². The third-order valence-electron chi connectivity index (χ3n) is 6.26. The van der Waals surface area contributed by atoms with Gasteiger partial charge in [0.25, 0.3) is 0 Å². The van der Waals surface area contributed by atoms with Gasteiger partial charge in [-0.25, -0.2) is 9.78 Å². The Bertz CT molecular complexity index is 931. The van der Waals surface area contributed by atoms with E-state index in [1.54, 1.807) is 11.0 Å². The van der Waals surface area contributed by atoms with Crippen LogP contribution in [0.25, 0.3) is 5.70 Å². The predicted octanol–water partition coefficient (Wildman–Crippen LogP) is 3.31. The van der Waals surface area contributed by atoms with Crippen LogP contribution in [0, 0.1) is 17.8 Å². The molecule has 0 radical (unpaired) electrons. The number of carbonyl (C=O) groups excluding carboxylic acids is 1. The van der Waals surface area contributed by atoms with Crippen molar-refractivity contribution in [1.29, 1.82) is 0 Å². The number of rotatable bonds is 5. The van der Waals surface area contributed by atoms with Gasteiger partial charge in [-0.05, 0) is 50.7 Å². The SMILES string of the molecule is CC(C)N=C(C=C(N)c1cnc(N)c(C(F)(F)F)c1)C1C2CC(N3CCOC3=O)CC21. The Morgan fingerprint density at radius 3 is 2.58 bits per heavy atom. The molecule has 168 valence electrons. The molecule has 1 aliphatic heterocycles. The molecular weight excluding hydrogens is 411 g/mol. The third kappa shape index (κ3) is 4.20. The summed E-state index contributed by atoms with van der Waals surface area (Å²) >= 11 is 0. The van der Waals surface area contributed by atoms with Crippen molar-refractivity contribution >= 4 is 23.3 Å². The van der Waals surface area contributed by atoms with Gasteiger partial charge in [-0.1, -0.05) is 0 Å². The van der Waals surface area contributed by atoms with Gasteiger partial charge < -0.3 is 21.1 Å². The lowest BCUT2D eigenvalue weighted by Crippen LogP contribution is -2.35. The first-order chi connectivity index (χ1) is 14.6. The highest BCUT2D eigenvalue weighted by atomic mass is 19.4. The number of anilines is 1. The maximum absolute atomic E-state index is 13.2. The average molecular weight is 437 g/mol. The van der Waals surface area contributed by atoms with Crippen molar-refractivity contribution < 1.29 is 22.7 Å². The fourth-order valence-electron chi connectivity index (χ4n) is 4.86. The van der Waals surface area contributed by atoms with Crippen LogP contribution in [0.5, 0.6) is 0 Å². The van der Waals surface area contributed by atoms with Gasteiger partial charge in [0.15, 0.2) is 0 Å². The molecule has 1 aromatic rings. The van der Waals surface area contributed by atoms with Crippen LogP contribution in [0.1, 0.15) is 37.8 Å². The number of nitrogens with zero attached hydrogens (tertiary/aromatic N) is 3. The van der Waals surface area contributed by atoms with Crippen LogP contribution < -0.4 is 11.5 Å². The highest BCUT2D eigenvalue weighted by Gasteiger charge is 2.59.